The Labute approximate surface area is 128 Å². The molecule has 0 atom stereocenters. The van der Waals surface area contributed by atoms with E-state index >= 15 is 0 Å². The number of amides is 1. The molecule has 0 spiro atoms. The largest absolute Gasteiger partial charge is 0.508 e. The standard InChI is InChI=1S/C18H18N2O2/c21-15-7-5-13(6-8-15)11-18(22)19-10-9-14-12-20-17-4-2-1-3-16(14)17/h1-8,12,20-21H,9-11H2,(H,19,22). The van der Waals surface area contributed by atoms with Gasteiger partial charge in [-0.05, 0) is 35.7 Å². The summed E-state index contributed by atoms with van der Waals surface area (Å²) in [4.78, 5) is 15.1. The molecule has 0 bridgehead atoms. The minimum absolute atomic E-state index is 0.00877. The van der Waals surface area contributed by atoms with E-state index in [4.69, 9.17) is 0 Å². The molecule has 1 amide bonds. The lowest BCUT2D eigenvalue weighted by Crippen LogP contribution is -2.27. The van der Waals surface area contributed by atoms with Gasteiger partial charge in [-0.1, -0.05) is 30.3 Å². The zero-order valence-electron chi connectivity index (χ0n) is 12.2. The molecule has 0 aliphatic heterocycles. The number of hydrogen-bond donors (Lipinski definition) is 3. The van der Waals surface area contributed by atoms with Gasteiger partial charge in [0, 0.05) is 23.6 Å². The predicted octanol–water partition coefficient (Wildman–Crippen LogP) is 2.77. The number of aromatic hydroxyl groups is 1. The lowest BCUT2D eigenvalue weighted by molar-refractivity contribution is -0.120. The molecule has 3 N–H and O–H groups in total. The SMILES string of the molecule is O=C(Cc1ccc(O)cc1)NCCc1c[nH]c2ccccc12. The fourth-order valence-corrected chi connectivity index (χ4v) is 2.54. The van der Waals surface area contributed by atoms with Gasteiger partial charge < -0.3 is 15.4 Å². The van der Waals surface area contributed by atoms with E-state index in [0.29, 0.717) is 13.0 Å². The number of carbonyl (C=O) groups is 1. The molecule has 1 heterocycles. The third kappa shape index (κ3) is 3.28. The Morgan fingerprint density at radius 3 is 2.68 bits per heavy atom. The molecule has 1 aromatic heterocycles. The maximum atomic E-state index is 11.9. The van der Waals surface area contributed by atoms with Crippen LogP contribution >= 0.6 is 0 Å². The van der Waals surface area contributed by atoms with Gasteiger partial charge >= 0.3 is 0 Å². The number of fused-ring (bicyclic) bond motifs is 1. The third-order valence-corrected chi connectivity index (χ3v) is 3.69. The van der Waals surface area contributed by atoms with Crippen LogP contribution in [0.15, 0.2) is 54.7 Å². The van der Waals surface area contributed by atoms with Crippen LogP contribution in [0, 0.1) is 0 Å². The number of hydrogen-bond acceptors (Lipinski definition) is 2. The number of phenolic OH excluding ortho intramolecular Hbond substituents is 1. The maximum Gasteiger partial charge on any atom is 0.224 e. The summed E-state index contributed by atoms with van der Waals surface area (Å²) in [7, 11) is 0. The third-order valence-electron chi connectivity index (χ3n) is 3.69. The number of H-pyrrole nitrogens is 1. The van der Waals surface area contributed by atoms with Crippen LogP contribution in [-0.4, -0.2) is 22.5 Å². The average Bonchev–Trinajstić information content (AvgIpc) is 2.93. The Morgan fingerprint density at radius 2 is 1.86 bits per heavy atom. The van der Waals surface area contributed by atoms with E-state index in [0.717, 1.165) is 17.5 Å². The minimum Gasteiger partial charge on any atom is -0.508 e. The zero-order chi connectivity index (χ0) is 15.4. The van der Waals surface area contributed by atoms with Gasteiger partial charge in [0.2, 0.25) is 5.91 Å². The van der Waals surface area contributed by atoms with Crippen LogP contribution < -0.4 is 5.32 Å². The van der Waals surface area contributed by atoms with Crippen LogP contribution in [0.1, 0.15) is 11.1 Å². The highest BCUT2D eigenvalue weighted by atomic mass is 16.3. The summed E-state index contributed by atoms with van der Waals surface area (Å²) < 4.78 is 0. The number of nitrogens with one attached hydrogen (secondary N) is 2. The molecule has 0 aliphatic carbocycles. The number of aromatic amines is 1. The van der Waals surface area contributed by atoms with Gasteiger partial charge in [0.15, 0.2) is 0 Å². The van der Waals surface area contributed by atoms with Crippen LogP contribution in [0.3, 0.4) is 0 Å². The van der Waals surface area contributed by atoms with Crippen molar-refractivity contribution in [1.82, 2.24) is 10.3 Å². The number of phenols is 1. The molecule has 112 valence electrons. The molecule has 0 fully saturated rings. The van der Waals surface area contributed by atoms with E-state index in [2.05, 4.69) is 16.4 Å². The van der Waals surface area contributed by atoms with Crippen LogP contribution in [0.4, 0.5) is 0 Å². The molecule has 3 rings (SSSR count). The molecule has 22 heavy (non-hydrogen) atoms. The lowest BCUT2D eigenvalue weighted by atomic mass is 10.1. The molecule has 2 aromatic carbocycles. The maximum absolute atomic E-state index is 11.9. The van der Waals surface area contributed by atoms with Gasteiger partial charge in [0.25, 0.3) is 0 Å². The first-order chi connectivity index (χ1) is 10.7. The van der Waals surface area contributed by atoms with Crippen molar-refractivity contribution in [3.63, 3.8) is 0 Å². The van der Waals surface area contributed by atoms with Crippen molar-refractivity contribution in [1.29, 1.82) is 0 Å². The van der Waals surface area contributed by atoms with E-state index in [1.165, 1.54) is 10.9 Å². The van der Waals surface area contributed by atoms with Crippen molar-refractivity contribution in [2.45, 2.75) is 12.8 Å². The molecule has 0 radical (unpaired) electrons. The Morgan fingerprint density at radius 1 is 1.09 bits per heavy atom. The lowest BCUT2D eigenvalue weighted by Gasteiger charge is -2.05. The Bertz CT molecular complexity index is 775. The molecule has 0 saturated carbocycles. The Balaban J connectivity index is 1.52. The van der Waals surface area contributed by atoms with E-state index in [-0.39, 0.29) is 11.7 Å². The summed E-state index contributed by atoms with van der Waals surface area (Å²) in [6.45, 7) is 0.610. The summed E-state index contributed by atoms with van der Waals surface area (Å²) in [5, 5.41) is 13.4. The first-order valence-corrected chi connectivity index (χ1v) is 7.32. The van der Waals surface area contributed by atoms with Gasteiger partial charge in [-0.3, -0.25) is 4.79 Å². The van der Waals surface area contributed by atoms with Crippen LogP contribution in [0.25, 0.3) is 10.9 Å². The highest BCUT2D eigenvalue weighted by molar-refractivity contribution is 5.83. The summed E-state index contributed by atoms with van der Waals surface area (Å²) in [5.74, 6) is 0.203. The summed E-state index contributed by atoms with van der Waals surface area (Å²) in [6.07, 6.45) is 3.12. The second-order valence-corrected chi connectivity index (χ2v) is 5.30. The molecule has 4 nitrogen and oxygen atoms in total. The summed E-state index contributed by atoms with van der Waals surface area (Å²) >= 11 is 0. The smallest absolute Gasteiger partial charge is 0.224 e. The molecule has 0 unspecified atom stereocenters. The van der Waals surface area contributed by atoms with Crippen LogP contribution in [0.2, 0.25) is 0 Å². The molecular formula is C18H18N2O2. The zero-order valence-corrected chi connectivity index (χ0v) is 12.2. The van der Waals surface area contributed by atoms with Crippen molar-refractivity contribution in [3.05, 3.63) is 65.9 Å². The van der Waals surface area contributed by atoms with Crippen molar-refractivity contribution >= 4 is 16.8 Å². The normalized spacial score (nSPS) is 10.7. The number of para-hydroxylation sites is 1. The van der Waals surface area contributed by atoms with E-state index in [9.17, 15) is 9.90 Å². The second-order valence-electron chi connectivity index (χ2n) is 5.30. The molecule has 3 aromatic rings. The highest BCUT2D eigenvalue weighted by Gasteiger charge is 2.05. The van der Waals surface area contributed by atoms with Crippen LogP contribution in [0.5, 0.6) is 5.75 Å². The molecule has 4 heteroatoms. The Hall–Kier alpha value is -2.75. The van der Waals surface area contributed by atoms with Gasteiger partial charge in [-0.2, -0.15) is 0 Å². The number of rotatable bonds is 5. The van der Waals surface area contributed by atoms with Crippen molar-refractivity contribution < 1.29 is 9.90 Å². The summed E-state index contributed by atoms with van der Waals surface area (Å²) in [5.41, 5.74) is 3.22. The fourth-order valence-electron chi connectivity index (χ4n) is 2.54. The number of benzene rings is 2. The first-order valence-electron chi connectivity index (χ1n) is 7.32. The quantitative estimate of drug-likeness (QED) is 0.677. The van der Waals surface area contributed by atoms with E-state index in [1.54, 1.807) is 24.3 Å². The second kappa shape index (κ2) is 6.35. The van der Waals surface area contributed by atoms with E-state index < -0.39 is 0 Å². The van der Waals surface area contributed by atoms with Crippen molar-refractivity contribution in [3.8, 4) is 5.75 Å². The van der Waals surface area contributed by atoms with Gasteiger partial charge in [0.05, 0.1) is 6.42 Å². The Kier molecular flexibility index (Phi) is 4.10. The first kappa shape index (κ1) is 14.2. The van der Waals surface area contributed by atoms with Crippen molar-refractivity contribution in [2.75, 3.05) is 6.54 Å². The van der Waals surface area contributed by atoms with Gasteiger partial charge in [0.1, 0.15) is 5.75 Å². The molecule has 0 saturated heterocycles. The molecular weight excluding hydrogens is 276 g/mol. The van der Waals surface area contributed by atoms with Gasteiger partial charge in [-0.25, -0.2) is 0 Å². The minimum atomic E-state index is -0.00877. The number of carbonyl (C=O) groups excluding carboxylic acids is 1. The summed E-state index contributed by atoms with van der Waals surface area (Å²) in [6, 6.07) is 14.8. The monoisotopic (exact) mass is 294 g/mol. The fraction of sp³-hybridized carbons (Fsp3) is 0.167. The van der Waals surface area contributed by atoms with Gasteiger partial charge in [-0.15, -0.1) is 0 Å². The predicted molar refractivity (Wildman–Crippen MR) is 86.8 cm³/mol. The molecule has 0 aliphatic rings. The number of aromatic nitrogens is 1. The van der Waals surface area contributed by atoms with Crippen molar-refractivity contribution in [2.24, 2.45) is 0 Å². The topological polar surface area (TPSA) is 65.1 Å². The highest BCUT2D eigenvalue weighted by Crippen LogP contribution is 2.17. The average molecular weight is 294 g/mol. The van der Waals surface area contributed by atoms with E-state index in [1.807, 2.05) is 24.4 Å². The van der Waals surface area contributed by atoms with Crippen LogP contribution in [-0.2, 0) is 17.6 Å².